The molecule has 0 radical (unpaired) electrons. The highest BCUT2D eigenvalue weighted by Crippen LogP contribution is 2.24. The van der Waals surface area contributed by atoms with Crippen molar-refractivity contribution in [3.63, 3.8) is 0 Å². The van der Waals surface area contributed by atoms with Crippen molar-refractivity contribution in [2.24, 2.45) is 0 Å². The van der Waals surface area contributed by atoms with Crippen molar-refractivity contribution < 1.29 is 0 Å². The van der Waals surface area contributed by atoms with Gasteiger partial charge in [0.1, 0.15) is 5.82 Å². The van der Waals surface area contributed by atoms with Crippen molar-refractivity contribution >= 4 is 17.5 Å². The third-order valence-electron chi connectivity index (χ3n) is 2.70. The van der Waals surface area contributed by atoms with Gasteiger partial charge in [0.25, 0.3) is 0 Å². The number of nitrogens with one attached hydrogen (secondary N) is 1. The van der Waals surface area contributed by atoms with Crippen LogP contribution in [0.5, 0.6) is 0 Å². The third-order valence-corrected chi connectivity index (χ3v) is 2.70. The molecule has 0 fully saturated rings. The number of hydrogen-bond acceptors (Lipinski definition) is 4. The van der Waals surface area contributed by atoms with E-state index in [-0.39, 0.29) is 11.4 Å². The second-order valence-corrected chi connectivity index (χ2v) is 5.25. The van der Waals surface area contributed by atoms with Crippen molar-refractivity contribution in [1.82, 2.24) is 9.97 Å². The molecule has 0 saturated carbocycles. The van der Waals surface area contributed by atoms with E-state index in [0.29, 0.717) is 5.82 Å². The first-order chi connectivity index (χ1) is 8.45. The van der Waals surface area contributed by atoms with Crippen LogP contribution in [0, 0.1) is 0 Å². The summed E-state index contributed by atoms with van der Waals surface area (Å²) >= 11 is 0. The molecule has 18 heavy (non-hydrogen) atoms. The van der Waals surface area contributed by atoms with E-state index >= 15 is 0 Å². The number of nitrogens with zero attached hydrogens (tertiary/aromatic N) is 2. The zero-order chi connectivity index (χ0) is 13.2. The highest BCUT2D eigenvalue weighted by Gasteiger charge is 2.12. The molecule has 94 valence electrons. The second-order valence-electron chi connectivity index (χ2n) is 5.25. The van der Waals surface area contributed by atoms with Crippen molar-refractivity contribution in [2.45, 2.75) is 26.2 Å². The van der Waals surface area contributed by atoms with Crippen LogP contribution in [0.25, 0.3) is 0 Å². The molecule has 0 bridgehead atoms. The molecule has 0 spiro atoms. The SMILES string of the molecule is CC(C)(C)c1ccc(Nc2ccnc(N)n2)cc1. The number of anilines is 3. The lowest BCUT2D eigenvalue weighted by Gasteiger charge is -2.19. The molecule has 0 atom stereocenters. The molecular formula is C14H18N4. The zero-order valence-electron chi connectivity index (χ0n) is 10.9. The summed E-state index contributed by atoms with van der Waals surface area (Å²) < 4.78 is 0. The van der Waals surface area contributed by atoms with Gasteiger partial charge < -0.3 is 11.1 Å². The van der Waals surface area contributed by atoms with E-state index in [2.05, 4.69) is 48.2 Å². The Balaban J connectivity index is 2.16. The monoisotopic (exact) mass is 242 g/mol. The fraction of sp³-hybridized carbons (Fsp3) is 0.286. The Bertz CT molecular complexity index is 526. The molecule has 2 rings (SSSR count). The van der Waals surface area contributed by atoms with Crippen LogP contribution >= 0.6 is 0 Å². The molecule has 0 aliphatic rings. The van der Waals surface area contributed by atoms with Gasteiger partial charge in [0.15, 0.2) is 0 Å². The van der Waals surface area contributed by atoms with Gasteiger partial charge in [-0.1, -0.05) is 32.9 Å². The Kier molecular flexibility index (Phi) is 3.19. The summed E-state index contributed by atoms with van der Waals surface area (Å²) in [5, 5.41) is 3.19. The first-order valence-electron chi connectivity index (χ1n) is 5.91. The summed E-state index contributed by atoms with van der Waals surface area (Å²) in [4.78, 5) is 7.95. The maximum Gasteiger partial charge on any atom is 0.221 e. The number of nitrogen functional groups attached to an aromatic ring is 1. The Morgan fingerprint density at radius 1 is 1.06 bits per heavy atom. The molecule has 1 aromatic carbocycles. The van der Waals surface area contributed by atoms with Gasteiger partial charge in [-0.3, -0.25) is 0 Å². The maximum absolute atomic E-state index is 5.53. The van der Waals surface area contributed by atoms with Crippen molar-refractivity contribution in [3.05, 3.63) is 42.1 Å². The van der Waals surface area contributed by atoms with E-state index in [4.69, 9.17) is 5.73 Å². The molecule has 1 aromatic heterocycles. The van der Waals surface area contributed by atoms with E-state index in [1.807, 2.05) is 12.1 Å². The average Bonchev–Trinajstić information content (AvgIpc) is 2.28. The van der Waals surface area contributed by atoms with E-state index < -0.39 is 0 Å². The number of benzene rings is 1. The fourth-order valence-corrected chi connectivity index (χ4v) is 1.64. The normalized spacial score (nSPS) is 11.3. The Morgan fingerprint density at radius 3 is 2.28 bits per heavy atom. The first-order valence-corrected chi connectivity index (χ1v) is 5.91. The molecule has 4 nitrogen and oxygen atoms in total. The third kappa shape index (κ3) is 2.97. The lowest BCUT2D eigenvalue weighted by molar-refractivity contribution is 0.590. The van der Waals surface area contributed by atoms with Gasteiger partial charge in [-0.05, 0) is 29.2 Å². The van der Waals surface area contributed by atoms with Crippen molar-refractivity contribution in [2.75, 3.05) is 11.1 Å². The lowest BCUT2D eigenvalue weighted by Crippen LogP contribution is -2.10. The van der Waals surface area contributed by atoms with Crippen LogP contribution in [-0.2, 0) is 5.41 Å². The standard InChI is InChI=1S/C14H18N4/c1-14(2,3)10-4-6-11(7-5-10)17-12-8-9-16-13(15)18-12/h4-9H,1-3H3,(H3,15,16,17,18). The average molecular weight is 242 g/mol. The van der Waals surface area contributed by atoms with E-state index in [9.17, 15) is 0 Å². The minimum atomic E-state index is 0.165. The molecule has 2 aromatic rings. The van der Waals surface area contributed by atoms with Crippen LogP contribution in [0.15, 0.2) is 36.5 Å². The van der Waals surface area contributed by atoms with Gasteiger partial charge in [-0.15, -0.1) is 0 Å². The highest BCUT2D eigenvalue weighted by atomic mass is 15.1. The number of rotatable bonds is 2. The predicted molar refractivity (Wildman–Crippen MR) is 74.9 cm³/mol. The van der Waals surface area contributed by atoms with Gasteiger partial charge in [-0.25, -0.2) is 4.98 Å². The van der Waals surface area contributed by atoms with E-state index in [1.54, 1.807) is 12.3 Å². The Morgan fingerprint density at radius 2 is 1.72 bits per heavy atom. The Hall–Kier alpha value is -2.10. The van der Waals surface area contributed by atoms with Gasteiger partial charge in [0, 0.05) is 11.9 Å². The van der Waals surface area contributed by atoms with Crippen LogP contribution in [-0.4, -0.2) is 9.97 Å². The topological polar surface area (TPSA) is 63.8 Å². The van der Waals surface area contributed by atoms with Gasteiger partial charge in [-0.2, -0.15) is 4.98 Å². The molecule has 0 amide bonds. The molecule has 0 aliphatic carbocycles. The van der Waals surface area contributed by atoms with Gasteiger partial charge in [0.2, 0.25) is 5.95 Å². The summed E-state index contributed by atoms with van der Waals surface area (Å²) in [5.74, 6) is 0.970. The summed E-state index contributed by atoms with van der Waals surface area (Å²) in [7, 11) is 0. The second kappa shape index (κ2) is 4.64. The van der Waals surface area contributed by atoms with Gasteiger partial charge in [0.05, 0.1) is 0 Å². The van der Waals surface area contributed by atoms with Crippen molar-refractivity contribution in [3.8, 4) is 0 Å². The number of hydrogen-bond donors (Lipinski definition) is 2. The molecule has 0 unspecified atom stereocenters. The summed E-state index contributed by atoms with van der Waals surface area (Å²) in [6, 6.07) is 10.1. The van der Waals surface area contributed by atoms with Crippen molar-refractivity contribution in [1.29, 1.82) is 0 Å². The molecule has 4 heteroatoms. The summed E-state index contributed by atoms with van der Waals surface area (Å²) in [5.41, 5.74) is 7.98. The van der Waals surface area contributed by atoms with Gasteiger partial charge >= 0.3 is 0 Å². The quantitative estimate of drug-likeness (QED) is 0.849. The summed E-state index contributed by atoms with van der Waals surface area (Å²) in [6.07, 6.45) is 1.63. The lowest BCUT2D eigenvalue weighted by atomic mass is 9.87. The Labute approximate surface area is 107 Å². The van der Waals surface area contributed by atoms with Crippen LogP contribution in [0.3, 0.4) is 0 Å². The van der Waals surface area contributed by atoms with Crippen LogP contribution in [0.1, 0.15) is 26.3 Å². The van der Waals surface area contributed by atoms with Crippen LogP contribution in [0.4, 0.5) is 17.5 Å². The van der Waals surface area contributed by atoms with Crippen LogP contribution in [0.2, 0.25) is 0 Å². The predicted octanol–water partition coefficient (Wildman–Crippen LogP) is 3.10. The largest absolute Gasteiger partial charge is 0.368 e. The molecular weight excluding hydrogens is 224 g/mol. The smallest absolute Gasteiger partial charge is 0.221 e. The van der Waals surface area contributed by atoms with Crippen LogP contribution < -0.4 is 11.1 Å². The highest BCUT2D eigenvalue weighted by molar-refractivity contribution is 5.57. The van der Waals surface area contributed by atoms with E-state index in [0.717, 1.165) is 5.69 Å². The molecule has 3 N–H and O–H groups in total. The fourth-order valence-electron chi connectivity index (χ4n) is 1.64. The molecule has 0 saturated heterocycles. The molecule has 1 heterocycles. The van der Waals surface area contributed by atoms with E-state index in [1.165, 1.54) is 5.56 Å². The molecule has 0 aliphatic heterocycles. The maximum atomic E-state index is 5.53. The number of aromatic nitrogens is 2. The minimum Gasteiger partial charge on any atom is -0.368 e. The number of nitrogens with two attached hydrogens (primary N) is 1. The first kappa shape index (κ1) is 12.4. The zero-order valence-corrected chi connectivity index (χ0v) is 10.9. The minimum absolute atomic E-state index is 0.165. The summed E-state index contributed by atoms with van der Waals surface area (Å²) in [6.45, 7) is 6.58.